The van der Waals surface area contributed by atoms with Gasteiger partial charge in [-0.25, -0.2) is 4.98 Å². The van der Waals surface area contributed by atoms with Crippen molar-refractivity contribution in [1.82, 2.24) is 19.8 Å². The summed E-state index contributed by atoms with van der Waals surface area (Å²) in [6.07, 6.45) is 6.77. The zero-order valence-corrected chi connectivity index (χ0v) is 14.1. The molecule has 0 aliphatic carbocycles. The first-order valence-corrected chi connectivity index (χ1v) is 8.82. The predicted octanol–water partition coefficient (Wildman–Crippen LogP) is 1.76. The molecule has 0 bridgehead atoms. The molecule has 1 aromatic carbocycles. The number of amides is 1. The van der Waals surface area contributed by atoms with E-state index in [1.54, 1.807) is 0 Å². The van der Waals surface area contributed by atoms with Crippen LogP contribution in [0, 0.1) is 0 Å². The highest BCUT2D eigenvalue weighted by atomic mass is 16.2. The fourth-order valence-corrected chi connectivity index (χ4v) is 3.82. The Bertz CT molecular complexity index is 738. The van der Waals surface area contributed by atoms with E-state index in [0.717, 1.165) is 44.7 Å². The Morgan fingerprint density at radius 2 is 2.12 bits per heavy atom. The maximum absolute atomic E-state index is 12.7. The van der Waals surface area contributed by atoms with E-state index in [9.17, 15) is 4.79 Å². The summed E-state index contributed by atoms with van der Waals surface area (Å²) < 4.78 is 2.15. The van der Waals surface area contributed by atoms with Gasteiger partial charge in [-0.3, -0.25) is 9.69 Å². The summed E-state index contributed by atoms with van der Waals surface area (Å²) in [5, 5.41) is 3.24. The lowest BCUT2D eigenvalue weighted by Gasteiger charge is -2.34. The molecule has 126 valence electrons. The number of rotatable bonds is 3. The fourth-order valence-electron chi connectivity index (χ4n) is 3.82. The van der Waals surface area contributed by atoms with Crippen molar-refractivity contribution >= 4 is 5.91 Å². The van der Waals surface area contributed by atoms with Crippen molar-refractivity contribution in [2.45, 2.75) is 51.4 Å². The first kappa shape index (κ1) is 15.4. The van der Waals surface area contributed by atoms with Crippen LogP contribution < -0.4 is 5.32 Å². The number of hydrogen-bond donors (Lipinski definition) is 1. The molecule has 2 atom stereocenters. The van der Waals surface area contributed by atoms with Crippen LogP contribution in [0.4, 0.5) is 0 Å². The highest BCUT2D eigenvalue weighted by Gasteiger charge is 2.27. The van der Waals surface area contributed by atoms with Crippen LogP contribution in [-0.2, 0) is 30.7 Å². The van der Waals surface area contributed by atoms with Crippen LogP contribution in [0.5, 0.6) is 0 Å². The standard InChI is InChI=1S/C19H24N4O/c1-14(22-10-8-15-4-2-3-5-16(15)12-22)19(24)21-17-6-7-18-20-9-11-23(18)13-17/h2-5,9,11,14,17H,6-8,10,12-13H2,1H3,(H,21,24)/t14-,17-/m1/s1. The molecule has 4 rings (SSSR count). The van der Waals surface area contributed by atoms with E-state index in [1.165, 1.54) is 11.1 Å². The summed E-state index contributed by atoms with van der Waals surface area (Å²) in [4.78, 5) is 19.3. The molecule has 1 N–H and O–H groups in total. The van der Waals surface area contributed by atoms with E-state index in [0.29, 0.717) is 0 Å². The number of imidazole rings is 1. The highest BCUT2D eigenvalue weighted by Crippen LogP contribution is 2.20. The largest absolute Gasteiger partial charge is 0.350 e. The van der Waals surface area contributed by atoms with Crippen LogP contribution >= 0.6 is 0 Å². The Morgan fingerprint density at radius 3 is 3.00 bits per heavy atom. The zero-order chi connectivity index (χ0) is 16.5. The number of aromatic nitrogens is 2. The van der Waals surface area contributed by atoms with E-state index in [-0.39, 0.29) is 18.0 Å². The van der Waals surface area contributed by atoms with Crippen molar-refractivity contribution in [2.24, 2.45) is 0 Å². The van der Waals surface area contributed by atoms with Gasteiger partial charge in [0.15, 0.2) is 0 Å². The van der Waals surface area contributed by atoms with Crippen LogP contribution in [0.1, 0.15) is 30.3 Å². The van der Waals surface area contributed by atoms with Gasteiger partial charge in [-0.15, -0.1) is 0 Å². The van der Waals surface area contributed by atoms with Gasteiger partial charge in [0.1, 0.15) is 5.82 Å². The summed E-state index contributed by atoms with van der Waals surface area (Å²) in [5.41, 5.74) is 2.77. The molecule has 2 aliphatic heterocycles. The van der Waals surface area contributed by atoms with Crippen LogP contribution in [0.15, 0.2) is 36.7 Å². The molecule has 2 aromatic rings. The number of fused-ring (bicyclic) bond motifs is 2. The first-order valence-electron chi connectivity index (χ1n) is 8.82. The second-order valence-corrected chi connectivity index (χ2v) is 6.91. The van der Waals surface area contributed by atoms with Gasteiger partial charge in [-0.2, -0.15) is 0 Å². The first-order chi connectivity index (χ1) is 11.7. The fraction of sp³-hybridized carbons (Fsp3) is 0.474. The minimum atomic E-state index is -0.0949. The third-order valence-corrected chi connectivity index (χ3v) is 5.37. The molecule has 0 spiro atoms. The normalized spacial score (nSPS) is 21.6. The summed E-state index contributed by atoms with van der Waals surface area (Å²) in [6, 6.07) is 8.66. The molecule has 5 nitrogen and oxygen atoms in total. The summed E-state index contributed by atoms with van der Waals surface area (Å²) in [5.74, 6) is 1.27. The van der Waals surface area contributed by atoms with Gasteiger partial charge in [0.05, 0.1) is 6.04 Å². The molecular weight excluding hydrogens is 300 g/mol. The summed E-state index contributed by atoms with van der Waals surface area (Å²) in [7, 11) is 0. The van der Waals surface area contributed by atoms with Gasteiger partial charge in [-0.1, -0.05) is 24.3 Å². The number of hydrogen-bond acceptors (Lipinski definition) is 3. The summed E-state index contributed by atoms with van der Waals surface area (Å²) in [6.45, 7) is 4.66. The van der Waals surface area contributed by atoms with E-state index in [2.05, 4.69) is 44.0 Å². The third-order valence-electron chi connectivity index (χ3n) is 5.37. The molecule has 1 aromatic heterocycles. The molecule has 0 unspecified atom stereocenters. The van der Waals surface area contributed by atoms with Gasteiger partial charge >= 0.3 is 0 Å². The van der Waals surface area contributed by atoms with Crippen molar-refractivity contribution in [3.63, 3.8) is 0 Å². The minimum absolute atomic E-state index is 0.0949. The van der Waals surface area contributed by atoms with Gasteiger partial charge in [0.25, 0.3) is 0 Å². The Morgan fingerprint density at radius 1 is 1.29 bits per heavy atom. The molecular formula is C19H24N4O. The minimum Gasteiger partial charge on any atom is -0.350 e. The van der Waals surface area contributed by atoms with Crippen molar-refractivity contribution in [3.8, 4) is 0 Å². The number of nitrogens with zero attached hydrogens (tertiary/aromatic N) is 3. The van der Waals surface area contributed by atoms with E-state index >= 15 is 0 Å². The van der Waals surface area contributed by atoms with Crippen molar-refractivity contribution < 1.29 is 4.79 Å². The smallest absolute Gasteiger partial charge is 0.237 e. The molecule has 3 heterocycles. The third kappa shape index (κ3) is 2.96. The molecule has 1 amide bonds. The monoisotopic (exact) mass is 324 g/mol. The topological polar surface area (TPSA) is 50.2 Å². The van der Waals surface area contributed by atoms with E-state index in [1.807, 2.05) is 19.3 Å². The number of carbonyl (C=O) groups is 1. The van der Waals surface area contributed by atoms with Crippen LogP contribution in [0.2, 0.25) is 0 Å². The quantitative estimate of drug-likeness (QED) is 0.936. The Balaban J connectivity index is 1.37. The zero-order valence-electron chi connectivity index (χ0n) is 14.1. The lowest BCUT2D eigenvalue weighted by atomic mass is 9.98. The number of carbonyl (C=O) groups excluding carboxylic acids is 1. The molecule has 2 aliphatic rings. The Kier molecular flexibility index (Phi) is 4.10. The van der Waals surface area contributed by atoms with Gasteiger partial charge < -0.3 is 9.88 Å². The average Bonchev–Trinajstić information content (AvgIpc) is 3.08. The second kappa shape index (κ2) is 6.40. The lowest BCUT2D eigenvalue weighted by Crippen LogP contribution is -2.51. The number of aryl methyl sites for hydroxylation is 1. The van der Waals surface area contributed by atoms with E-state index in [4.69, 9.17) is 0 Å². The lowest BCUT2D eigenvalue weighted by molar-refractivity contribution is -0.127. The van der Waals surface area contributed by atoms with Crippen molar-refractivity contribution in [1.29, 1.82) is 0 Å². The second-order valence-electron chi connectivity index (χ2n) is 6.91. The van der Waals surface area contributed by atoms with Crippen LogP contribution in [-0.4, -0.2) is 39.0 Å². The molecule has 0 saturated carbocycles. The highest BCUT2D eigenvalue weighted by molar-refractivity contribution is 5.81. The Labute approximate surface area is 142 Å². The average molecular weight is 324 g/mol. The van der Waals surface area contributed by atoms with Gasteiger partial charge in [0, 0.05) is 44.5 Å². The number of benzene rings is 1. The van der Waals surface area contributed by atoms with Gasteiger partial charge in [-0.05, 0) is 30.9 Å². The maximum Gasteiger partial charge on any atom is 0.237 e. The Hall–Kier alpha value is -2.14. The predicted molar refractivity (Wildman–Crippen MR) is 92.5 cm³/mol. The molecule has 0 radical (unpaired) electrons. The summed E-state index contributed by atoms with van der Waals surface area (Å²) >= 11 is 0. The number of nitrogens with one attached hydrogen (secondary N) is 1. The van der Waals surface area contributed by atoms with Crippen LogP contribution in [0.25, 0.3) is 0 Å². The molecule has 5 heteroatoms. The SMILES string of the molecule is C[C@H](C(=O)N[C@@H]1CCc2nccn2C1)N1CCc2ccccc2C1. The molecule has 0 fully saturated rings. The van der Waals surface area contributed by atoms with Crippen LogP contribution in [0.3, 0.4) is 0 Å². The maximum atomic E-state index is 12.7. The van der Waals surface area contributed by atoms with Crippen molar-refractivity contribution in [3.05, 3.63) is 53.6 Å². The van der Waals surface area contributed by atoms with Gasteiger partial charge in [0.2, 0.25) is 5.91 Å². The van der Waals surface area contributed by atoms with E-state index < -0.39 is 0 Å². The van der Waals surface area contributed by atoms with Crippen molar-refractivity contribution in [2.75, 3.05) is 6.54 Å². The molecule has 24 heavy (non-hydrogen) atoms. The molecule has 0 saturated heterocycles.